The fourth-order valence-corrected chi connectivity index (χ4v) is 5.32. The first-order valence-corrected chi connectivity index (χ1v) is 14.8. The number of hydrogen-bond donors (Lipinski definition) is 1. The standard InChI is InChI=1S/C34H38FN3O6/c1-4-38-20-28(34(40)36-15-18-37-16-5-6-17-37)32(39)27-19-29(43-21-23-7-11-25(41-2)12-8-23)33(30(35)31(27)38)44-22-24-9-13-26(42-3)14-10-24/h7-14,19-20H,4-6,15-18,21-22H2,1-3H3,(H,36,40). The average Bonchev–Trinajstić information content (AvgIpc) is 3.58. The number of nitrogens with one attached hydrogen (secondary N) is 1. The van der Waals surface area contributed by atoms with Gasteiger partial charge in [0.1, 0.15) is 30.3 Å². The highest BCUT2D eigenvalue weighted by molar-refractivity contribution is 5.98. The summed E-state index contributed by atoms with van der Waals surface area (Å²) in [6.45, 7) is 5.45. The predicted octanol–water partition coefficient (Wildman–Crippen LogP) is 5.16. The van der Waals surface area contributed by atoms with Crippen molar-refractivity contribution in [2.24, 2.45) is 0 Å². The molecule has 1 saturated heterocycles. The number of likely N-dealkylation sites (tertiary alicyclic amines) is 1. The summed E-state index contributed by atoms with van der Waals surface area (Å²) in [5, 5.41) is 2.90. The highest BCUT2D eigenvalue weighted by Crippen LogP contribution is 2.37. The van der Waals surface area contributed by atoms with E-state index in [9.17, 15) is 9.59 Å². The number of amides is 1. The van der Waals surface area contributed by atoms with Crippen LogP contribution in [-0.4, -0.2) is 55.8 Å². The van der Waals surface area contributed by atoms with Gasteiger partial charge in [-0.15, -0.1) is 0 Å². The van der Waals surface area contributed by atoms with Crippen LogP contribution in [0.5, 0.6) is 23.0 Å². The van der Waals surface area contributed by atoms with E-state index >= 15 is 4.39 Å². The van der Waals surface area contributed by atoms with E-state index in [0.717, 1.165) is 37.1 Å². The van der Waals surface area contributed by atoms with Crippen LogP contribution in [0.4, 0.5) is 4.39 Å². The van der Waals surface area contributed by atoms with E-state index in [1.54, 1.807) is 43.1 Å². The summed E-state index contributed by atoms with van der Waals surface area (Å²) < 4.78 is 40.5. The molecule has 5 rings (SSSR count). The van der Waals surface area contributed by atoms with E-state index in [-0.39, 0.29) is 41.2 Å². The van der Waals surface area contributed by atoms with Crippen molar-refractivity contribution in [3.63, 3.8) is 0 Å². The van der Waals surface area contributed by atoms with Gasteiger partial charge in [0, 0.05) is 25.8 Å². The highest BCUT2D eigenvalue weighted by atomic mass is 19.1. The number of fused-ring (bicyclic) bond motifs is 1. The van der Waals surface area contributed by atoms with E-state index in [4.69, 9.17) is 18.9 Å². The molecule has 0 saturated carbocycles. The molecule has 0 radical (unpaired) electrons. The van der Waals surface area contributed by atoms with E-state index in [0.29, 0.717) is 31.1 Å². The van der Waals surface area contributed by atoms with Crippen molar-refractivity contribution >= 4 is 16.8 Å². The molecule has 232 valence electrons. The second-order valence-electron chi connectivity index (χ2n) is 10.7. The van der Waals surface area contributed by atoms with Crippen LogP contribution in [0.15, 0.2) is 65.6 Å². The van der Waals surface area contributed by atoms with Crippen molar-refractivity contribution in [1.29, 1.82) is 0 Å². The Bertz CT molecular complexity index is 1650. The van der Waals surface area contributed by atoms with E-state index in [1.165, 1.54) is 12.3 Å². The average molecular weight is 604 g/mol. The van der Waals surface area contributed by atoms with Gasteiger partial charge in [-0.05, 0) is 74.3 Å². The second-order valence-corrected chi connectivity index (χ2v) is 10.7. The van der Waals surface area contributed by atoms with Crippen LogP contribution < -0.4 is 29.7 Å². The minimum Gasteiger partial charge on any atom is -0.497 e. The summed E-state index contributed by atoms with van der Waals surface area (Å²) >= 11 is 0. The zero-order chi connectivity index (χ0) is 31.1. The summed E-state index contributed by atoms with van der Waals surface area (Å²) in [4.78, 5) is 29.1. The van der Waals surface area contributed by atoms with Gasteiger partial charge in [0.05, 0.1) is 25.1 Å². The number of ether oxygens (including phenoxy) is 4. The summed E-state index contributed by atoms with van der Waals surface area (Å²) in [6, 6.07) is 16.0. The van der Waals surface area contributed by atoms with Gasteiger partial charge in [-0.1, -0.05) is 24.3 Å². The van der Waals surface area contributed by atoms with Gasteiger partial charge in [0.15, 0.2) is 17.3 Å². The van der Waals surface area contributed by atoms with Crippen molar-refractivity contribution in [1.82, 2.24) is 14.8 Å². The van der Waals surface area contributed by atoms with Gasteiger partial charge >= 0.3 is 0 Å². The van der Waals surface area contributed by atoms with E-state index < -0.39 is 17.2 Å². The first-order chi connectivity index (χ1) is 21.4. The Morgan fingerprint density at radius 3 is 2.07 bits per heavy atom. The third-order valence-corrected chi connectivity index (χ3v) is 7.82. The SMILES string of the molecule is CCn1cc(C(=O)NCCN2CCCC2)c(=O)c2cc(OCc3ccc(OC)cc3)c(OCc3ccc(OC)cc3)c(F)c21. The number of hydrogen-bond acceptors (Lipinski definition) is 7. The Kier molecular flexibility index (Phi) is 10.0. The van der Waals surface area contributed by atoms with Crippen LogP contribution in [-0.2, 0) is 19.8 Å². The Hall–Kier alpha value is -4.57. The number of rotatable bonds is 13. The maximum Gasteiger partial charge on any atom is 0.256 e. The molecule has 0 atom stereocenters. The van der Waals surface area contributed by atoms with Gasteiger partial charge < -0.3 is 33.7 Å². The first kappa shape index (κ1) is 30.9. The summed E-state index contributed by atoms with van der Waals surface area (Å²) in [7, 11) is 3.17. The Balaban J connectivity index is 1.49. The molecule has 9 nitrogen and oxygen atoms in total. The molecule has 2 heterocycles. The lowest BCUT2D eigenvalue weighted by atomic mass is 10.1. The Labute approximate surface area is 256 Å². The maximum atomic E-state index is 16.4. The normalized spacial score (nSPS) is 13.2. The topological polar surface area (TPSA) is 91.3 Å². The number of pyridine rings is 1. The minimum absolute atomic E-state index is 0.0399. The number of halogens is 1. The molecule has 1 aromatic heterocycles. The third kappa shape index (κ3) is 6.97. The number of aryl methyl sites for hydroxylation is 1. The zero-order valence-electron chi connectivity index (χ0n) is 25.4. The quantitative estimate of drug-likeness (QED) is 0.226. The smallest absolute Gasteiger partial charge is 0.256 e. The molecule has 1 aliphatic rings. The van der Waals surface area contributed by atoms with Crippen molar-refractivity contribution in [3.05, 3.63) is 93.5 Å². The fourth-order valence-electron chi connectivity index (χ4n) is 5.32. The largest absolute Gasteiger partial charge is 0.497 e. The van der Waals surface area contributed by atoms with Crippen molar-refractivity contribution in [2.45, 2.75) is 39.5 Å². The van der Waals surface area contributed by atoms with Crippen molar-refractivity contribution in [2.75, 3.05) is 40.4 Å². The summed E-state index contributed by atoms with van der Waals surface area (Å²) in [5.74, 6) is 0.106. The molecule has 1 amide bonds. The molecule has 0 aliphatic carbocycles. The summed E-state index contributed by atoms with van der Waals surface area (Å²) in [5.41, 5.74) is 1.03. The molecule has 1 N–H and O–H groups in total. The first-order valence-electron chi connectivity index (χ1n) is 14.8. The number of methoxy groups -OCH3 is 2. The molecule has 4 aromatic rings. The second kappa shape index (κ2) is 14.3. The lowest BCUT2D eigenvalue weighted by molar-refractivity contribution is 0.0948. The van der Waals surface area contributed by atoms with Gasteiger partial charge in [0.25, 0.3) is 5.91 Å². The summed E-state index contributed by atoms with van der Waals surface area (Å²) in [6.07, 6.45) is 3.73. The number of nitrogens with zero attached hydrogens (tertiary/aromatic N) is 2. The van der Waals surface area contributed by atoms with Crippen LogP contribution in [0.1, 0.15) is 41.3 Å². The van der Waals surface area contributed by atoms with E-state index in [2.05, 4.69) is 10.2 Å². The molecule has 1 aliphatic heterocycles. The van der Waals surface area contributed by atoms with Crippen LogP contribution in [0.3, 0.4) is 0 Å². The molecule has 1 fully saturated rings. The van der Waals surface area contributed by atoms with Crippen molar-refractivity contribution in [3.8, 4) is 23.0 Å². The van der Waals surface area contributed by atoms with Crippen molar-refractivity contribution < 1.29 is 28.1 Å². The lowest BCUT2D eigenvalue weighted by Gasteiger charge is -2.19. The molecule has 0 spiro atoms. The highest BCUT2D eigenvalue weighted by Gasteiger charge is 2.24. The Morgan fingerprint density at radius 1 is 0.909 bits per heavy atom. The van der Waals surface area contributed by atoms with Gasteiger partial charge in [-0.2, -0.15) is 0 Å². The predicted molar refractivity (Wildman–Crippen MR) is 166 cm³/mol. The molecule has 0 unspecified atom stereocenters. The number of aromatic nitrogens is 1. The number of carbonyl (C=O) groups is 1. The van der Waals surface area contributed by atoms with Crippen LogP contribution in [0.25, 0.3) is 10.9 Å². The molecule has 44 heavy (non-hydrogen) atoms. The van der Waals surface area contributed by atoms with E-state index in [1.807, 2.05) is 31.2 Å². The zero-order valence-corrected chi connectivity index (χ0v) is 25.4. The maximum absolute atomic E-state index is 16.4. The van der Waals surface area contributed by atoms with Gasteiger partial charge in [0.2, 0.25) is 5.43 Å². The minimum atomic E-state index is -0.735. The van der Waals surface area contributed by atoms with Gasteiger partial charge in [-0.25, -0.2) is 4.39 Å². The lowest BCUT2D eigenvalue weighted by Crippen LogP contribution is -2.36. The third-order valence-electron chi connectivity index (χ3n) is 7.82. The fraction of sp³-hybridized carbons (Fsp3) is 0.353. The van der Waals surface area contributed by atoms with Crippen LogP contribution >= 0.6 is 0 Å². The molecular weight excluding hydrogens is 565 g/mol. The monoisotopic (exact) mass is 603 g/mol. The number of carbonyl (C=O) groups excluding carboxylic acids is 1. The molecule has 3 aromatic carbocycles. The number of benzene rings is 3. The van der Waals surface area contributed by atoms with Gasteiger partial charge in [-0.3, -0.25) is 9.59 Å². The molecular formula is C34H38FN3O6. The molecule has 10 heteroatoms. The Morgan fingerprint density at radius 2 is 1.50 bits per heavy atom. The van der Waals surface area contributed by atoms with Crippen LogP contribution in [0.2, 0.25) is 0 Å². The molecule has 0 bridgehead atoms. The van der Waals surface area contributed by atoms with Crippen LogP contribution in [0, 0.1) is 5.82 Å².